The van der Waals surface area contributed by atoms with Crippen molar-refractivity contribution in [3.63, 3.8) is 0 Å². The zero-order valence-electron chi connectivity index (χ0n) is 22.1. The quantitative estimate of drug-likeness (QED) is 0.191. The zero-order valence-corrected chi connectivity index (χ0v) is 22.1. The summed E-state index contributed by atoms with van der Waals surface area (Å²) < 4.78 is 20.8. The highest BCUT2D eigenvalue weighted by molar-refractivity contribution is 5.89. The van der Waals surface area contributed by atoms with Crippen molar-refractivity contribution in [3.8, 4) is 17.2 Å². The predicted octanol–water partition coefficient (Wildman–Crippen LogP) is 3.91. The lowest BCUT2D eigenvalue weighted by atomic mass is 10.0. The third-order valence-corrected chi connectivity index (χ3v) is 5.15. The molecule has 0 unspecified atom stereocenters. The van der Waals surface area contributed by atoms with E-state index in [2.05, 4.69) is 15.8 Å². The van der Waals surface area contributed by atoms with Crippen LogP contribution in [0.4, 0.5) is 4.79 Å². The molecule has 0 radical (unpaired) electrons. The number of nitrogens with one attached hydrogen (secondary N) is 2. The predicted molar refractivity (Wildman–Crippen MR) is 139 cm³/mol. The number of carbonyl (C=O) groups excluding carboxylic acids is 3. The van der Waals surface area contributed by atoms with Crippen LogP contribution in [0.25, 0.3) is 0 Å². The molecular weight excluding hydrogens is 478 g/mol. The molecule has 0 spiro atoms. The van der Waals surface area contributed by atoms with Gasteiger partial charge in [-0.3, -0.25) is 9.59 Å². The first-order chi connectivity index (χ1) is 17.6. The monoisotopic (exact) mass is 513 g/mol. The van der Waals surface area contributed by atoms with Gasteiger partial charge in [-0.15, -0.1) is 0 Å². The molecule has 1 atom stereocenters. The van der Waals surface area contributed by atoms with Crippen LogP contribution in [0.3, 0.4) is 0 Å². The van der Waals surface area contributed by atoms with Crippen molar-refractivity contribution in [2.45, 2.75) is 47.1 Å². The van der Waals surface area contributed by atoms with E-state index >= 15 is 0 Å². The van der Waals surface area contributed by atoms with E-state index in [1.165, 1.54) is 19.4 Å². The molecule has 0 saturated carbocycles. The Morgan fingerprint density at radius 2 is 1.76 bits per heavy atom. The van der Waals surface area contributed by atoms with E-state index in [0.717, 1.165) is 11.1 Å². The van der Waals surface area contributed by atoms with Crippen molar-refractivity contribution in [3.05, 3.63) is 53.1 Å². The minimum atomic E-state index is -0.841. The molecule has 0 heterocycles. The van der Waals surface area contributed by atoms with Gasteiger partial charge in [0.25, 0.3) is 11.8 Å². The van der Waals surface area contributed by atoms with Crippen LogP contribution >= 0.6 is 0 Å². The van der Waals surface area contributed by atoms with Crippen LogP contribution in [0, 0.1) is 19.8 Å². The van der Waals surface area contributed by atoms with Crippen LogP contribution in [0.2, 0.25) is 0 Å². The average molecular weight is 514 g/mol. The van der Waals surface area contributed by atoms with E-state index in [0.29, 0.717) is 17.7 Å². The molecule has 2 amide bonds. The summed E-state index contributed by atoms with van der Waals surface area (Å²) in [5, 5.41) is 6.72. The number of carbonyl (C=O) groups is 3. The molecule has 0 bridgehead atoms. The second-order valence-electron chi connectivity index (χ2n) is 8.69. The number of hydrogen-bond donors (Lipinski definition) is 2. The minimum absolute atomic E-state index is 0.149. The van der Waals surface area contributed by atoms with E-state index in [9.17, 15) is 14.4 Å². The number of aryl methyl sites for hydroxylation is 2. The molecule has 2 aromatic carbocycles. The topological polar surface area (TPSA) is 125 Å². The number of nitrogens with zero attached hydrogens (tertiary/aromatic N) is 1. The molecule has 37 heavy (non-hydrogen) atoms. The van der Waals surface area contributed by atoms with E-state index in [4.69, 9.17) is 18.9 Å². The largest absolute Gasteiger partial charge is 0.513 e. The first-order valence-corrected chi connectivity index (χ1v) is 12.0. The first-order valence-electron chi connectivity index (χ1n) is 12.0. The van der Waals surface area contributed by atoms with Crippen LogP contribution in [-0.2, 0) is 14.3 Å². The summed E-state index contributed by atoms with van der Waals surface area (Å²) in [5.41, 5.74) is 4.90. The summed E-state index contributed by atoms with van der Waals surface area (Å²) in [6, 6.07) is 9.68. The molecule has 0 aliphatic heterocycles. The third-order valence-electron chi connectivity index (χ3n) is 5.15. The Morgan fingerprint density at radius 1 is 1.05 bits per heavy atom. The summed E-state index contributed by atoms with van der Waals surface area (Å²) in [7, 11) is 1.43. The summed E-state index contributed by atoms with van der Waals surface area (Å²) in [6.45, 7) is 9.36. The van der Waals surface area contributed by atoms with E-state index in [1.54, 1.807) is 19.1 Å². The second-order valence-corrected chi connectivity index (χ2v) is 8.69. The summed E-state index contributed by atoms with van der Waals surface area (Å²) in [5.74, 6) is 0.410. The molecule has 200 valence electrons. The molecule has 0 aromatic heterocycles. The van der Waals surface area contributed by atoms with Gasteiger partial charge >= 0.3 is 6.16 Å². The average Bonchev–Trinajstić information content (AvgIpc) is 2.84. The van der Waals surface area contributed by atoms with Crippen molar-refractivity contribution < 1.29 is 33.3 Å². The highest BCUT2D eigenvalue weighted by atomic mass is 16.7. The van der Waals surface area contributed by atoms with Crippen molar-refractivity contribution in [1.82, 2.24) is 10.7 Å². The Kier molecular flexibility index (Phi) is 11.4. The lowest BCUT2D eigenvalue weighted by Crippen LogP contribution is -2.47. The summed E-state index contributed by atoms with van der Waals surface area (Å²) >= 11 is 0. The molecule has 2 N–H and O–H groups in total. The van der Waals surface area contributed by atoms with Gasteiger partial charge in [-0.1, -0.05) is 32.0 Å². The standard InChI is InChI=1S/C27H35N3O7/c1-7-35-27(33)37-22-12-11-20(14-23(22)34-6)15-28-30-26(32)21(13-17(2)3)29-24(31)16-36-25-18(4)9-8-10-19(25)5/h8-12,14-15,17,21H,7,13,16H2,1-6H3,(H,29,31)(H,30,32)/b28-15-/t21-/m0/s1. The molecule has 2 rings (SSSR count). The zero-order chi connectivity index (χ0) is 27.4. The number of benzene rings is 2. The smallest absolute Gasteiger partial charge is 0.493 e. The van der Waals surface area contributed by atoms with Crippen LogP contribution in [0.5, 0.6) is 17.2 Å². The highest BCUT2D eigenvalue weighted by Gasteiger charge is 2.22. The fraction of sp³-hybridized carbons (Fsp3) is 0.407. The Labute approximate surface area is 217 Å². The SMILES string of the molecule is CCOC(=O)Oc1ccc(/C=N\NC(=O)[C@H](CC(C)C)NC(=O)COc2c(C)cccc2C)cc1OC. The van der Waals surface area contributed by atoms with Crippen molar-refractivity contribution >= 4 is 24.2 Å². The first kappa shape index (κ1) is 29.2. The number of methoxy groups -OCH3 is 1. The lowest BCUT2D eigenvalue weighted by molar-refractivity contribution is -0.130. The Hall–Kier alpha value is -4.08. The van der Waals surface area contributed by atoms with Gasteiger partial charge in [0.1, 0.15) is 11.8 Å². The van der Waals surface area contributed by atoms with Gasteiger partial charge in [0.05, 0.1) is 19.9 Å². The molecule has 0 aliphatic carbocycles. The highest BCUT2D eigenvalue weighted by Crippen LogP contribution is 2.28. The summed E-state index contributed by atoms with van der Waals surface area (Å²) in [6.07, 6.45) is 0.990. The molecule has 10 heteroatoms. The Morgan fingerprint density at radius 3 is 2.38 bits per heavy atom. The number of ether oxygens (including phenoxy) is 4. The molecule has 0 fully saturated rings. The normalized spacial score (nSPS) is 11.6. The maximum absolute atomic E-state index is 12.8. The fourth-order valence-corrected chi connectivity index (χ4v) is 3.44. The number of amides is 2. The van der Waals surface area contributed by atoms with Gasteiger partial charge in [-0.25, -0.2) is 10.2 Å². The summed E-state index contributed by atoms with van der Waals surface area (Å²) in [4.78, 5) is 36.9. The van der Waals surface area contributed by atoms with Gasteiger partial charge in [-0.2, -0.15) is 5.10 Å². The van der Waals surface area contributed by atoms with Gasteiger partial charge < -0.3 is 24.3 Å². The maximum Gasteiger partial charge on any atom is 0.513 e. The third kappa shape index (κ3) is 9.47. The molecular formula is C27H35N3O7. The number of hydrogen-bond acceptors (Lipinski definition) is 8. The van der Waals surface area contributed by atoms with Crippen LogP contribution in [-0.4, -0.2) is 50.5 Å². The van der Waals surface area contributed by atoms with Gasteiger partial charge in [0.15, 0.2) is 18.1 Å². The minimum Gasteiger partial charge on any atom is -0.493 e. The number of hydrazone groups is 1. The number of rotatable bonds is 12. The van der Waals surface area contributed by atoms with E-state index in [1.807, 2.05) is 45.9 Å². The molecule has 10 nitrogen and oxygen atoms in total. The maximum atomic E-state index is 12.8. The van der Waals surface area contributed by atoms with Crippen molar-refractivity contribution in [2.24, 2.45) is 11.0 Å². The van der Waals surface area contributed by atoms with Crippen molar-refractivity contribution in [2.75, 3.05) is 20.3 Å². The number of para-hydroxylation sites is 1. The molecule has 0 saturated heterocycles. The molecule has 0 aliphatic rings. The fourth-order valence-electron chi connectivity index (χ4n) is 3.44. The lowest BCUT2D eigenvalue weighted by Gasteiger charge is -2.19. The second kappa shape index (κ2) is 14.5. The van der Waals surface area contributed by atoms with E-state index < -0.39 is 24.0 Å². The molecule has 2 aromatic rings. The van der Waals surface area contributed by atoms with Gasteiger partial charge in [0, 0.05) is 0 Å². The Balaban J connectivity index is 1.99. The van der Waals surface area contributed by atoms with Crippen LogP contribution in [0.15, 0.2) is 41.5 Å². The van der Waals surface area contributed by atoms with Gasteiger partial charge in [0.2, 0.25) is 0 Å². The van der Waals surface area contributed by atoms with Gasteiger partial charge in [-0.05, 0) is 68.0 Å². The van der Waals surface area contributed by atoms with Crippen molar-refractivity contribution in [1.29, 1.82) is 0 Å². The van der Waals surface area contributed by atoms with Crippen LogP contribution < -0.4 is 25.0 Å². The van der Waals surface area contributed by atoms with Crippen LogP contribution in [0.1, 0.15) is 43.9 Å². The van der Waals surface area contributed by atoms with E-state index in [-0.39, 0.29) is 30.6 Å². The Bertz CT molecular complexity index is 1090.